The molecule has 0 saturated heterocycles. The van der Waals surface area contributed by atoms with Gasteiger partial charge < -0.3 is 14.9 Å². The van der Waals surface area contributed by atoms with Crippen LogP contribution in [0.3, 0.4) is 0 Å². The monoisotopic (exact) mass is 206 g/mol. The highest BCUT2D eigenvalue weighted by atomic mass is 16.5. The van der Waals surface area contributed by atoms with E-state index in [2.05, 4.69) is 0 Å². The van der Waals surface area contributed by atoms with Crippen molar-refractivity contribution in [3.05, 3.63) is 36.4 Å². The number of hydrogen-bond acceptors (Lipinski definition) is 3. The number of aromatic hydroxyl groups is 1. The van der Waals surface area contributed by atoms with Crippen molar-refractivity contribution in [2.24, 2.45) is 0 Å². The van der Waals surface area contributed by atoms with Crippen molar-refractivity contribution in [2.75, 3.05) is 0 Å². The Bertz CT molecular complexity index is 360. The first kappa shape index (κ1) is 10.1. The molecule has 0 fully saturated rings. The minimum Gasteiger partial charge on any atom is -0.504 e. The molecule has 1 aromatic carbocycles. The molecule has 80 valence electrons. The van der Waals surface area contributed by atoms with E-state index in [0.29, 0.717) is 12.2 Å². The molecule has 0 saturated carbocycles. The summed E-state index contributed by atoms with van der Waals surface area (Å²) in [6.07, 6.45) is 4.55. The van der Waals surface area contributed by atoms with Gasteiger partial charge in [-0.1, -0.05) is 18.2 Å². The van der Waals surface area contributed by atoms with Crippen molar-refractivity contribution < 1.29 is 14.9 Å². The maximum Gasteiger partial charge on any atom is 0.161 e. The van der Waals surface area contributed by atoms with Crippen LogP contribution in [0.25, 0.3) is 0 Å². The fraction of sp³-hybridized carbons (Fsp3) is 0.333. The average Bonchev–Trinajstić information content (AvgIpc) is 2.24. The normalized spacial score (nSPS) is 25.1. The van der Waals surface area contributed by atoms with Gasteiger partial charge in [0.15, 0.2) is 11.5 Å². The second-order valence-electron chi connectivity index (χ2n) is 3.62. The molecule has 0 radical (unpaired) electrons. The van der Waals surface area contributed by atoms with Crippen molar-refractivity contribution in [1.82, 2.24) is 0 Å². The van der Waals surface area contributed by atoms with Crippen molar-refractivity contribution in [1.29, 1.82) is 0 Å². The van der Waals surface area contributed by atoms with Gasteiger partial charge in [0.1, 0.15) is 6.10 Å². The van der Waals surface area contributed by atoms with Crippen molar-refractivity contribution >= 4 is 0 Å². The fourth-order valence-corrected chi connectivity index (χ4v) is 1.61. The number of ether oxygens (including phenoxy) is 1. The van der Waals surface area contributed by atoms with E-state index in [-0.39, 0.29) is 11.9 Å². The predicted octanol–water partition coefficient (Wildman–Crippen LogP) is 1.85. The van der Waals surface area contributed by atoms with Crippen molar-refractivity contribution in [3.8, 4) is 11.5 Å². The van der Waals surface area contributed by atoms with E-state index >= 15 is 0 Å². The minimum atomic E-state index is -0.491. The van der Waals surface area contributed by atoms with Crippen molar-refractivity contribution in [2.45, 2.75) is 25.0 Å². The molecule has 3 heteroatoms. The van der Waals surface area contributed by atoms with Gasteiger partial charge in [0, 0.05) is 0 Å². The van der Waals surface area contributed by atoms with Gasteiger partial charge in [0.2, 0.25) is 0 Å². The summed E-state index contributed by atoms with van der Waals surface area (Å²) in [6.45, 7) is 0. The first-order valence-corrected chi connectivity index (χ1v) is 5.07. The molecule has 0 spiro atoms. The zero-order chi connectivity index (χ0) is 10.7. The lowest BCUT2D eigenvalue weighted by molar-refractivity contribution is 0.0521. The second kappa shape index (κ2) is 4.36. The first-order chi connectivity index (χ1) is 7.27. The van der Waals surface area contributed by atoms with Crippen LogP contribution < -0.4 is 4.74 Å². The molecule has 0 unspecified atom stereocenters. The first-order valence-electron chi connectivity index (χ1n) is 5.07. The van der Waals surface area contributed by atoms with E-state index in [4.69, 9.17) is 4.74 Å². The number of para-hydroxylation sites is 2. The second-order valence-corrected chi connectivity index (χ2v) is 3.62. The third-order valence-electron chi connectivity index (χ3n) is 2.46. The predicted molar refractivity (Wildman–Crippen MR) is 56.9 cm³/mol. The summed E-state index contributed by atoms with van der Waals surface area (Å²) in [5, 5.41) is 19.2. The van der Waals surface area contributed by atoms with Gasteiger partial charge >= 0.3 is 0 Å². The standard InChI is InChI=1S/C12H14O3/c13-9-5-1-3-7-11(9)15-12-8-4-2-6-10(12)14/h1,3-5,7-8,10,12-14H,2,6H2/t10-,12+/m1/s1. The molecular formula is C12H14O3. The molecule has 15 heavy (non-hydrogen) atoms. The van der Waals surface area contributed by atoms with Crippen LogP contribution in [0.15, 0.2) is 36.4 Å². The Morgan fingerprint density at radius 2 is 2.07 bits per heavy atom. The smallest absolute Gasteiger partial charge is 0.161 e. The Morgan fingerprint density at radius 3 is 2.80 bits per heavy atom. The van der Waals surface area contributed by atoms with Gasteiger partial charge in [-0.15, -0.1) is 0 Å². The molecular weight excluding hydrogens is 192 g/mol. The zero-order valence-electron chi connectivity index (χ0n) is 8.34. The molecule has 2 rings (SSSR count). The van der Waals surface area contributed by atoms with E-state index in [1.54, 1.807) is 24.3 Å². The van der Waals surface area contributed by atoms with Gasteiger partial charge in [-0.05, 0) is 31.1 Å². The van der Waals surface area contributed by atoms with E-state index in [1.165, 1.54) is 0 Å². The van der Waals surface area contributed by atoms with E-state index in [9.17, 15) is 10.2 Å². The number of hydrogen-bond donors (Lipinski definition) is 2. The summed E-state index contributed by atoms with van der Waals surface area (Å²) >= 11 is 0. The molecule has 2 N–H and O–H groups in total. The third kappa shape index (κ3) is 2.30. The van der Waals surface area contributed by atoms with Crippen LogP contribution in [-0.4, -0.2) is 22.4 Å². The highest BCUT2D eigenvalue weighted by Crippen LogP contribution is 2.27. The lowest BCUT2D eigenvalue weighted by Crippen LogP contribution is -2.31. The number of aliphatic hydroxyl groups excluding tert-OH is 1. The molecule has 1 aliphatic carbocycles. The summed E-state index contributed by atoms with van der Waals surface area (Å²) in [7, 11) is 0. The van der Waals surface area contributed by atoms with Crippen LogP contribution in [0, 0.1) is 0 Å². The molecule has 0 aromatic heterocycles. The molecule has 3 nitrogen and oxygen atoms in total. The van der Waals surface area contributed by atoms with Gasteiger partial charge in [0.05, 0.1) is 6.10 Å². The molecule has 2 atom stereocenters. The van der Waals surface area contributed by atoms with Gasteiger partial charge in [-0.25, -0.2) is 0 Å². The maximum atomic E-state index is 9.66. The molecule has 0 heterocycles. The Morgan fingerprint density at radius 1 is 1.27 bits per heavy atom. The lowest BCUT2D eigenvalue weighted by Gasteiger charge is -2.24. The topological polar surface area (TPSA) is 49.7 Å². The summed E-state index contributed by atoms with van der Waals surface area (Å²) in [4.78, 5) is 0. The van der Waals surface area contributed by atoms with Crippen LogP contribution in [0.4, 0.5) is 0 Å². The number of phenols is 1. The van der Waals surface area contributed by atoms with E-state index in [0.717, 1.165) is 6.42 Å². The van der Waals surface area contributed by atoms with Crippen molar-refractivity contribution in [3.63, 3.8) is 0 Å². The Hall–Kier alpha value is -1.48. The van der Waals surface area contributed by atoms with Crippen LogP contribution in [0.5, 0.6) is 11.5 Å². The molecule has 0 bridgehead atoms. The SMILES string of the molecule is Oc1ccccc1O[C@H]1C=CCC[C@H]1O. The number of aliphatic hydroxyl groups is 1. The third-order valence-corrected chi connectivity index (χ3v) is 2.46. The summed E-state index contributed by atoms with van der Waals surface area (Å²) in [5.74, 6) is 0.511. The van der Waals surface area contributed by atoms with Crippen LogP contribution in [0.2, 0.25) is 0 Å². The van der Waals surface area contributed by atoms with Crippen LogP contribution in [-0.2, 0) is 0 Å². The minimum absolute atomic E-state index is 0.101. The fourth-order valence-electron chi connectivity index (χ4n) is 1.61. The Balaban J connectivity index is 2.11. The molecule has 0 aliphatic heterocycles. The van der Waals surface area contributed by atoms with E-state index < -0.39 is 6.10 Å². The van der Waals surface area contributed by atoms with Gasteiger partial charge in [-0.2, -0.15) is 0 Å². The number of allylic oxidation sites excluding steroid dienone is 1. The Kier molecular flexibility index (Phi) is 2.92. The average molecular weight is 206 g/mol. The summed E-state index contributed by atoms with van der Waals surface area (Å²) in [6, 6.07) is 6.77. The van der Waals surface area contributed by atoms with Gasteiger partial charge in [0.25, 0.3) is 0 Å². The van der Waals surface area contributed by atoms with Crippen LogP contribution in [0.1, 0.15) is 12.8 Å². The highest BCUT2D eigenvalue weighted by Gasteiger charge is 2.21. The maximum absolute atomic E-state index is 9.66. The number of benzene rings is 1. The highest BCUT2D eigenvalue weighted by molar-refractivity contribution is 5.38. The quantitative estimate of drug-likeness (QED) is 0.726. The molecule has 1 aromatic rings. The molecule has 0 amide bonds. The number of rotatable bonds is 2. The lowest BCUT2D eigenvalue weighted by atomic mass is 10.0. The van der Waals surface area contributed by atoms with E-state index in [1.807, 2.05) is 12.2 Å². The summed E-state index contributed by atoms with van der Waals surface area (Å²) in [5.41, 5.74) is 0. The zero-order valence-corrected chi connectivity index (χ0v) is 8.34. The van der Waals surface area contributed by atoms with Crippen LogP contribution >= 0.6 is 0 Å². The Labute approximate surface area is 88.6 Å². The van der Waals surface area contributed by atoms with Gasteiger partial charge in [-0.3, -0.25) is 0 Å². The molecule has 1 aliphatic rings. The summed E-state index contributed by atoms with van der Waals surface area (Å²) < 4.78 is 5.51. The largest absolute Gasteiger partial charge is 0.504 e. The number of phenolic OH excluding ortho intramolecular Hbond substituents is 1.